The minimum Gasteiger partial charge on any atom is -0.497 e. The van der Waals surface area contributed by atoms with Crippen LogP contribution in [0.3, 0.4) is 0 Å². The summed E-state index contributed by atoms with van der Waals surface area (Å²) in [6, 6.07) is 8.75. The van der Waals surface area contributed by atoms with Crippen molar-refractivity contribution >= 4 is 12.3 Å². The van der Waals surface area contributed by atoms with Crippen molar-refractivity contribution < 1.29 is 24.2 Å². The zero-order valence-electron chi connectivity index (χ0n) is 25.3. The quantitative estimate of drug-likeness (QED) is 0.289. The summed E-state index contributed by atoms with van der Waals surface area (Å²) in [6.07, 6.45) is 8.15. The lowest BCUT2D eigenvalue weighted by Gasteiger charge is -2.47. The van der Waals surface area contributed by atoms with Crippen molar-refractivity contribution in [2.24, 2.45) is 46.3 Å². The zero-order chi connectivity index (χ0) is 28.8. The second-order valence-electron chi connectivity index (χ2n) is 14.1. The molecule has 0 amide bonds. The molecule has 40 heavy (non-hydrogen) atoms. The van der Waals surface area contributed by atoms with Crippen LogP contribution in [0.15, 0.2) is 35.9 Å². The standard InChI is InChI=1S/C34H49NO5/c1-21(2)28-14-25-15-34(19-36,31(28)32(37)38)30-12-7-22(3)29(30)16-33(25,5)20-40-27-13-23(4)35(18-27)17-24-8-10-26(39-6)11-9-24/h8-11,14,19,21-23,25,27,29-31H,7,12-13,15-18,20H2,1-6H3,(H,37,38)/t22-,23+,25?,27-,29-,30-,31?,33?,34?/m1/s1. The summed E-state index contributed by atoms with van der Waals surface area (Å²) in [5.74, 6) is 0.511. The van der Waals surface area contributed by atoms with Gasteiger partial charge in [0.1, 0.15) is 12.0 Å². The monoisotopic (exact) mass is 551 g/mol. The molecule has 3 aliphatic carbocycles. The second kappa shape index (κ2) is 11.2. The number of hydrogen-bond donors (Lipinski definition) is 1. The van der Waals surface area contributed by atoms with Crippen molar-refractivity contribution in [1.29, 1.82) is 0 Å². The first-order valence-corrected chi connectivity index (χ1v) is 15.4. The summed E-state index contributed by atoms with van der Waals surface area (Å²) < 4.78 is 12.1. The number of carboxylic acids is 1. The van der Waals surface area contributed by atoms with E-state index in [1.54, 1.807) is 7.11 Å². The van der Waals surface area contributed by atoms with Gasteiger partial charge in [-0.05, 0) is 85.3 Å². The van der Waals surface area contributed by atoms with E-state index < -0.39 is 17.3 Å². The number of hydrogen-bond acceptors (Lipinski definition) is 5. The van der Waals surface area contributed by atoms with Gasteiger partial charge in [0, 0.05) is 24.5 Å². The number of likely N-dealkylation sites (tertiary alicyclic amines) is 1. The lowest BCUT2D eigenvalue weighted by atomic mass is 9.55. The van der Waals surface area contributed by atoms with Crippen molar-refractivity contribution in [3.05, 3.63) is 41.5 Å². The van der Waals surface area contributed by atoms with Crippen LogP contribution in [-0.4, -0.2) is 54.7 Å². The van der Waals surface area contributed by atoms with Crippen LogP contribution < -0.4 is 4.74 Å². The van der Waals surface area contributed by atoms with Gasteiger partial charge in [0.05, 0.1) is 25.7 Å². The molecule has 1 aromatic rings. The number of nitrogens with zero attached hydrogens (tertiary/aromatic N) is 1. The smallest absolute Gasteiger partial charge is 0.311 e. The fraction of sp³-hybridized carbons (Fsp3) is 0.706. The largest absolute Gasteiger partial charge is 0.497 e. The van der Waals surface area contributed by atoms with E-state index >= 15 is 0 Å². The van der Waals surface area contributed by atoms with Gasteiger partial charge in [-0.3, -0.25) is 9.69 Å². The van der Waals surface area contributed by atoms with Crippen LogP contribution in [-0.2, 0) is 20.9 Å². The van der Waals surface area contributed by atoms with Gasteiger partial charge in [-0.2, -0.15) is 0 Å². The number of ether oxygens (including phenoxy) is 2. The highest BCUT2D eigenvalue weighted by molar-refractivity contribution is 5.82. The highest BCUT2D eigenvalue weighted by atomic mass is 16.5. The predicted molar refractivity (Wildman–Crippen MR) is 156 cm³/mol. The fourth-order valence-electron chi connectivity index (χ4n) is 8.91. The van der Waals surface area contributed by atoms with Crippen molar-refractivity contribution in [2.75, 3.05) is 20.3 Å². The van der Waals surface area contributed by atoms with Crippen molar-refractivity contribution in [3.8, 4) is 5.75 Å². The van der Waals surface area contributed by atoms with Crippen molar-refractivity contribution in [1.82, 2.24) is 4.90 Å². The van der Waals surface area contributed by atoms with Gasteiger partial charge >= 0.3 is 5.97 Å². The van der Waals surface area contributed by atoms with Crippen molar-refractivity contribution in [2.45, 2.75) is 85.4 Å². The molecule has 1 aromatic carbocycles. The average Bonchev–Trinajstić information content (AvgIpc) is 3.45. The third kappa shape index (κ3) is 5.15. The number of allylic oxidation sites excluding steroid dienone is 1. The molecule has 0 spiro atoms. The van der Waals surface area contributed by atoms with Gasteiger partial charge in [0.15, 0.2) is 0 Å². The van der Waals surface area contributed by atoms with Crippen LogP contribution in [0.5, 0.6) is 5.75 Å². The van der Waals surface area contributed by atoms with Crippen LogP contribution in [0.2, 0.25) is 0 Å². The Bertz CT molecular complexity index is 1110. The first-order valence-electron chi connectivity index (χ1n) is 15.4. The lowest BCUT2D eigenvalue weighted by Crippen LogP contribution is -2.49. The van der Waals surface area contributed by atoms with Gasteiger partial charge in [-0.1, -0.05) is 57.9 Å². The zero-order valence-corrected chi connectivity index (χ0v) is 25.3. The highest BCUT2D eigenvalue weighted by Crippen LogP contribution is 2.64. The lowest BCUT2D eigenvalue weighted by molar-refractivity contribution is -0.152. The Morgan fingerprint density at radius 3 is 2.52 bits per heavy atom. The molecule has 0 aromatic heterocycles. The summed E-state index contributed by atoms with van der Waals surface area (Å²) in [7, 11) is 1.69. The minimum atomic E-state index is -0.833. The molecular formula is C34H49NO5. The Morgan fingerprint density at radius 1 is 1.18 bits per heavy atom. The van der Waals surface area contributed by atoms with Crippen LogP contribution in [0, 0.1) is 46.3 Å². The molecule has 6 heteroatoms. The SMILES string of the molecule is COc1ccc(CN2C[C@H](OCC3(C)C[C@@H]4[C@H](C)CC[C@H]4C4(C=O)CC3C=C(C(C)C)C4C(=O)O)C[C@@H]2C)cc1. The van der Waals surface area contributed by atoms with Crippen LogP contribution in [0.25, 0.3) is 0 Å². The van der Waals surface area contributed by atoms with E-state index in [1.165, 1.54) is 5.56 Å². The molecule has 2 saturated carbocycles. The van der Waals surface area contributed by atoms with E-state index in [0.29, 0.717) is 30.9 Å². The molecule has 1 aliphatic heterocycles. The summed E-state index contributed by atoms with van der Waals surface area (Å²) in [5, 5.41) is 10.5. The molecule has 1 saturated heterocycles. The number of methoxy groups -OCH3 is 1. The van der Waals surface area contributed by atoms with Crippen LogP contribution >= 0.6 is 0 Å². The molecule has 1 heterocycles. The number of aliphatic carboxylic acids is 1. The van der Waals surface area contributed by atoms with Crippen molar-refractivity contribution in [3.63, 3.8) is 0 Å². The van der Waals surface area contributed by atoms with Gasteiger partial charge in [-0.15, -0.1) is 0 Å². The molecule has 1 N–H and O–H groups in total. The first kappa shape index (κ1) is 29.3. The van der Waals surface area contributed by atoms with Gasteiger partial charge < -0.3 is 19.4 Å². The van der Waals surface area contributed by atoms with E-state index in [1.807, 2.05) is 12.1 Å². The molecule has 5 rings (SSSR count). The van der Waals surface area contributed by atoms with E-state index in [-0.39, 0.29) is 29.3 Å². The minimum absolute atomic E-state index is 0.0889. The van der Waals surface area contributed by atoms with E-state index in [9.17, 15) is 14.7 Å². The number of carbonyl (C=O) groups is 2. The predicted octanol–water partition coefficient (Wildman–Crippen LogP) is 6.24. The van der Waals surface area contributed by atoms with E-state index in [0.717, 1.165) is 56.4 Å². The number of fused-ring (bicyclic) bond motifs is 4. The molecule has 4 unspecified atom stereocenters. The third-order valence-electron chi connectivity index (χ3n) is 11.3. The van der Waals surface area contributed by atoms with Gasteiger partial charge in [0.25, 0.3) is 0 Å². The number of rotatable bonds is 9. The molecule has 3 fully saturated rings. The normalized spacial score (nSPS) is 39.5. The first-order chi connectivity index (χ1) is 19.0. The van der Waals surface area contributed by atoms with Crippen LogP contribution in [0.1, 0.15) is 72.3 Å². The molecule has 2 bridgehead atoms. The Hall–Kier alpha value is -2.18. The topological polar surface area (TPSA) is 76.1 Å². The van der Waals surface area contributed by atoms with Gasteiger partial charge in [-0.25, -0.2) is 0 Å². The Morgan fingerprint density at radius 2 is 1.90 bits per heavy atom. The molecule has 220 valence electrons. The third-order valence-corrected chi connectivity index (χ3v) is 11.3. The summed E-state index contributed by atoms with van der Waals surface area (Å²) in [4.78, 5) is 28.3. The molecule has 6 nitrogen and oxygen atoms in total. The summed E-state index contributed by atoms with van der Waals surface area (Å²) in [5.41, 5.74) is 1.26. The molecule has 4 aliphatic rings. The molecule has 9 atom stereocenters. The Kier molecular flexibility index (Phi) is 8.24. The Balaban J connectivity index is 1.37. The number of carbonyl (C=O) groups excluding carboxylic acids is 1. The maximum Gasteiger partial charge on any atom is 0.311 e. The number of carboxylic acid groups (broad SMARTS) is 1. The Labute approximate surface area is 240 Å². The molecular weight excluding hydrogens is 502 g/mol. The maximum absolute atomic E-state index is 13.1. The number of aldehydes is 1. The number of benzene rings is 1. The fourth-order valence-corrected chi connectivity index (χ4v) is 8.91. The van der Waals surface area contributed by atoms with E-state index in [4.69, 9.17) is 9.47 Å². The van der Waals surface area contributed by atoms with E-state index in [2.05, 4.69) is 57.7 Å². The summed E-state index contributed by atoms with van der Waals surface area (Å²) >= 11 is 0. The second-order valence-corrected chi connectivity index (χ2v) is 14.1. The average molecular weight is 552 g/mol. The molecule has 0 radical (unpaired) electrons. The maximum atomic E-state index is 13.1. The van der Waals surface area contributed by atoms with Crippen LogP contribution in [0.4, 0.5) is 0 Å². The highest BCUT2D eigenvalue weighted by Gasteiger charge is 2.62. The van der Waals surface area contributed by atoms with Gasteiger partial charge in [0.2, 0.25) is 0 Å². The summed E-state index contributed by atoms with van der Waals surface area (Å²) in [6.45, 7) is 13.6.